The molecule has 2 heterocycles. The maximum atomic E-state index is 12.3. The Morgan fingerprint density at radius 2 is 2.09 bits per heavy atom. The number of carbonyl (C=O) groups excluding carboxylic acids is 1. The summed E-state index contributed by atoms with van der Waals surface area (Å²) < 4.78 is 5.73. The molecule has 0 atom stereocenters. The van der Waals surface area contributed by atoms with Gasteiger partial charge in [0, 0.05) is 32.1 Å². The molecule has 1 aromatic heterocycles. The molecule has 22 heavy (non-hydrogen) atoms. The van der Waals surface area contributed by atoms with E-state index in [9.17, 15) is 4.79 Å². The number of halogens is 3. The summed E-state index contributed by atoms with van der Waals surface area (Å²) >= 11 is 6.00. The van der Waals surface area contributed by atoms with Gasteiger partial charge < -0.3 is 15.4 Å². The van der Waals surface area contributed by atoms with Crippen LogP contribution in [0.3, 0.4) is 0 Å². The first-order chi connectivity index (χ1) is 9.72. The van der Waals surface area contributed by atoms with Gasteiger partial charge in [0.1, 0.15) is 0 Å². The van der Waals surface area contributed by atoms with Crippen LogP contribution in [0.25, 0.3) is 0 Å². The van der Waals surface area contributed by atoms with Gasteiger partial charge in [-0.05, 0) is 31.9 Å². The number of ether oxygens (including phenoxy) is 1. The molecule has 1 fully saturated rings. The number of aromatic nitrogens is 1. The second-order valence-corrected chi connectivity index (χ2v) is 5.27. The Balaban J connectivity index is 0.00000220. The zero-order valence-electron chi connectivity index (χ0n) is 12.2. The number of nitrogens with two attached hydrogens (primary N) is 1. The van der Waals surface area contributed by atoms with Gasteiger partial charge >= 0.3 is 0 Å². The van der Waals surface area contributed by atoms with Gasteiger partial charge in [0.15, 0.2) is 0 Å². The lowest BCUT2D eigenvalue weighted by molar-refractivity contribution is 0.00845. The molecule has 1 amide bonds. The first-order valence-electron chi connectivity index (χ1n) is 6.93. The van der Waals surface area contributed by atoms with E-state index in [4.69, 9.17) is 22.1 Å². The number of hydrogen-bond donors (Lipinski definition) is 1. The van der Waals surface area contributed by atoms with E-state index in [0.717, 1.165) is 19.3 Å². The van der Waals surface area contributed by atoms with E-state index in [1.165, 1.54) is 6.20 Å². The van der Waals surface area contributed by atoms with Crippen molar-refractivity contribution in [3.8, 4) is 0 Å². The van der Waals surface area contributed by atoms with Crippen LogP contribution in [-0.4, -0.2) is 48.1 Å². The van der Waals surface area contributed by atoms with Gasteiger partial charge in [-0.1, -0.05) is 11.6 Å². The van der Waals surface area contributed by atoms with Crippen molar-refractivity contribution in [2.45, 2.75) is 25.4 Å². The highest BCUT2D eigenvalue weighted by molar-refractivity contribution is 6.33. The Morgan fingerprint density at radius 1 is 1.41 bits per heavy atom. The molecule has 1 aliphatic rings. The van der Waals surface area contributed by atoms with Gasteiger partial charge in [0.05, 0.1) is 16.7 Å². The van der Waals surface area contributed by atoms with Crippen LogP contribution in [0.2, 0.25) is 5.02 Å². The van der Waals surface area contributed by atoms with Gasteiger partial charge in [-0.25, -0.2) is 0 Å². The highest BCUT2D eigenvalue weighted by atomic mass is 35.5. The van der Waals surface area contributed by atoms with Gasteiger partial charge in [-0.2, -0.15) is 0 Å². The molecule has 1 saturated heterocycles. The van der Waals surface area contributed by atoms with Crippen LogP contribution in [0.5, 0.6) is 0 Å². The summed E-state index contributed by atoms with van der Waals surface area (Å²) in [6.45, 7) is 2.75. The molecular formula is C14H22Cl3N3O2. The van der Waals surface area contributed by atoms with Crippen molar-refractivity contribution in [3.05, 3.63) is 29.0 Å². The van der Waals surface area contributed by atoms with Crippen molar-refractivity contribution >= 4 is 42.3 Å². The highest BCUT2D eigenvalue weighted by Crippen LogP contribution is 2.20. The lowest BCUT2D eigenvalue weighted by Gasteiger charge is -2.32. The summed E-state index contributed by atoms with van der Waals surface area (Å²) in [5.41, 5.74) is 5.95. The van der Waals surface area contributed by atoms with Crippen LogP contribution in [0, 0.1) is 0 Å². The van der Waals surface area contributed by atoms with Gasteiger partial charge in [0.25, 0.3) is 5.91 Å². The normalized spacial score (nSPS) is 14.9. The van der Waals surface area contributed by atoms with Crippen molar-refractivity contribution in [3.63, 3.8) is 0 Å². The number of piperidine rings is 1. The SMILES string of the molecule is Cl.Cl.NCCCOC1CCN(C(=O)c2ccncc2Cl)CC1. The average Bonchev–Trinajstić information content (AvgIpc) is 2.48. The number of hydrogen-bond acceptors (Lipinski definition) is 4. The maximum absolute atomic E-state index is 12.3. The van der Waals surface area contributed by atoms with E-state index in [1.54, 1.807) is 12.3 Å². The number of pyridine rings is 1. The quantitative estimate of drug-likeness (QED) is 0.809. The first kappa shape index (κ1) is 21.4. The molecule has 1 aliphatic heterocycles. The molecule has 5 nitrogen and oxygen atoms in total. The lowest BCUT2D eigenvalue weighted by Crippen LogP contribution is -2.41. The summed E-state index contributed by atoms with van der Waals surface area (Å²) in [7, 11) is 0. The standard InChI is InChI=1S/C14H20ClN3O2.2ClH/c15-13-10-17-6-2-12(13)14(19)18-7-3-11(4-8-18)20-9-1-5-16;;/h2,6,10-11H,1,3-5,7-9,16H2;2*1H. The summed E-state index contributed by atoms with van der Waals surface area (Å²) in [6.07, 6.45) is 5.92. The van der Waals surface area contributed by atoms with Crippen LogP contribution in [0.4, 0.5) is 0 Å². The number of carbonyl (C=O) groups is 1. The zero-order chi connectivity index (χ0) is 14.4. The molecule has 8 heteroatoms. The van der Waals surface area contributed by atoms with Gasteiger partial charge in [0.2, 0.25) is 0 Å². The van der Waals surface area contributed by atoms with Crippen molar-refractivity contribution in [2.24, 2.45) is 5.73 Å². The van der Waals surface area contributed by atoms with Crippen LogP contribution in [-0.2, 0) is 4.74 Å². The number of amides is 1. The van der Waals surface area contributed by atoms with E-state index < -0.39 is 0 Å². The molecule has 0 aromatic carbocycles. The summed E-state index contributed by atoms with van der Waals surface area (Å²) in [5.74, 6) is -0.0298. The number of likely N-dealkylation sites (tertiary alicyclic amines) is 1. The van der Waals surface area contributed by atoms with Crippen molar-refractivity contribution in [2.75, 3.05) is 26.2 Å². The molecule has 0 radical (unpaired) electrons. The maximum Gasteiger partial charge on any atom is 0.255 e. The number of rotatable bonds is 5. The summed E-state index contributed by atoms with van der Waals surface area (Å²) in [5, 5.41) is 0.402. The molecule has 0 unspecified atom stereocenters. The molecule has 126 valence electrons. The van der Waals surface area contributed by atoms with E-state index in [0.29, 0.717) is 36.8 Å². The van der Waals surface area contributed by atoms with E-state index in [-0.39, 0.29) is 36.8 Å². The minimum Gasteiger partial charge on any atom is -0.378 e. The van der Waals surface area contributed by atoms with Crippen LogP contribution in [0.15, 0.2) is 18.5 Å². The molecule has 2 rings (SSSR count). The van der Waals surface area contributed by atoms with Crippen LogP contribution in [0.1, 0.15) is 29.6 Å². The van der Waals surface area contributed by atoms with Crippen molar-refractivity contribution in [1.82, 2.24) is 9.88 Å². The fourth-order valence-electron chi connectivity index (χ4n) is 2.28. The monoisotopic (exact) mass is 369 g/mol. The Bertz CT molecular complexity index is 455. The van der Waals surface area contributed by atoms with E-state index in [1.807, 2.05) is 4.90 Å². The predicted octanol–water partition coefficient (Wildman–Crippen LogP) is 2.55. The van der Waals surface area contributed by atoms with Crippen molar-refractivity contribution < 1.29 is 9.53 Å². The highest BCUT2D eigenvalue weighted by Gasteiger charge is 2.25. The van der Waals surface area contributed by atoms with E-state index >= 15 is 0 Å². The fourth-order valence-corrected chi connectivity index (χ4v) is 2.48. The topological polar surface area (TPSA) is 68.5 Å². The molecule has 1 aromatic rings. The summed E-state index contributed by atoms with van der Waals surface area (Å²) in [6, 6.07) is 1.66. The third-order valence-electron chi connectivity index (χ3n) is 3.43. The molecule has 0 aliphatic carbocycles. The minimum absolute atomic E-state index is 0. The molecule has 0 saturated carbocycles. The lowest BCUT2D eigenvalue weighted by atomic mass is 10.1. The average molecular weight is 371 g/mol. The third kappa shape index (κ3) is 5.89. The third-order valence-corrected chi connectivity index (χ3v) is 3.74. The molecular weight excluding hydrogens is 349 g/mol. The Labute approximate surface area is 148 Å². The second kappa shape index (κ2) is 11.0. The first-order valence-corrected chi connectivity index (χ1v) is 7.30. The van der Waals surface area contributed by atoms with Gasteiger partial charge in [-0.3, -0.25) is 9.78 Å². The Morgan fingerprint density at radius 3 is 2.68 bits per heavy atom. The Hall–Kier alpha value is -0.590. The predicted molar refractivity (Wildman–Crippen MR) is 92.3 cm³/mol. The second-order valence-electron chi connectivity index (χ2n) is 4.86. The molecule has 0 spiro atoms. The summed E-state index contributed by atoms with van der Waals surface area (Å²) in [4.78, 5) is 18.1. The van der Waals surface area contributed by atoms with Crippen molar-refractivity contribution in [1.29, 1.82) is 0 Å². The van der Waals surface area contributed by atoms with Gasteiger partial charge in [-0.15, -0.1) is 24.8 Å². The minimum atomic E-state index is -0.0298. The Kier molecular flexibility index (Phi) is 10.7. The van der Waals surface area contributed by atoms with Crippen LogP contribution >= 0.6 is 36.4 Å². The van der Waals surface area contributed by atoms with Crippen LogP contribution < -0.4 is 5.73 Å². The zero-order valence-corrected chi connectivity index (χ0v) is 14.6. The molecule has 2 N–H and O–H groups in total. The number of nitrogens with zero attached hydrogens (tertiary/aromatic N) is 2. The largest absolute Gasteiger partial charge is 0.378 e. The fraction of sp³-hybridized carbons (Fsp3) is 0.571. The molecule has 0 bridgehead atoms. The van der Waals surface area contributed by atoms with E-state index in [2.05, 4.69) is 4.98 Å². The smallest absolute Gasteiger partial charge is 0.255 e.